The average molecular weight is 130 g/mol. The lowest BCUT2D eigenvalue weighted by atomic mass is 10.1. The van der Waals surface area contributed by atoms with Crippen LogP contribution in [-0.4, -0.2) is 25.4 Å². The van der Waals surface area contributed by atoms with Crippen molar-refractivity contribution in [2.75, 3.05) is 19.8 Å². The van der Waals surface area contributed by atoms with Gasteiger partial charge in [-0.2, -0.15) is 0 Å². The van der Waals surface area contributed by atoms with Crippen molar-refractivity contribution < 1.29 is 9.47 Å². The maximum Gasteiger partial charge on any atom is 0.0908 e. The monoisotopic (exact) mass is 130 g/mol. The third-order valence-electron chi connectivity index (χ3n) is 1.68. The van der Waals surface area contributed by atoms with E-state index in [1.54, 1.807) is 0 Å². The minimum Gasteiger partial charge on any atom is -0.378 e. The van der Waals surface area contributed by atoms with Gasteiger partial charge in [0.1, 0.15) is 0 Å². The second-order valence-corrected chi connectivity index (χ2v) is 2.69. The molecule has 1 saturated heterocycles. The van der Waals surface area contributed by atoms with Gasteiger partial charge in [-0.05, 0) is 13.8 Å². The highest BCUT2D eigenvalue weighted by atomic mass is 16.6. The molecule has 0 amide bonds. The summed E-state index contributed by atoms with van der Waals surface area (Å²) in [6.45, 7) is 6.53. The highest BCUT2D eigenvalue weighted by Gasteiger charge is 2.29. The molecule has 2 heteroatoms. The molecule has 0 aliphatic carbocycles. The van der Waals surface area contributed by atoms with Crippen LogP contribution < -0.4 is 0 Å². The van der Waals surface area contributed by atoms with Crippen molar-refractivity contribution in [3.8, 4) is 0 Å². The Morgan fingerprint density at radius 1 is 1.67 bits per heavy atom. The molecular formula is C7H14O2. The Morgan fingerprint density at radius 3 is 2.89 bits per heavy atom. The zero-order chi connectivity index (χ0) is 6.74. The molecule has 1 rings (SSSR count). The zero-order valence-electron chi connectivity index (χ0n) is 6.14. The smallest absolute Gasteiger partial charge is 0.0908 e. The summed E-state index contributed by atoms with van der Waals surface area (Å²) in [5.74, 6) is 0. The van der Waals surface area contributed by atoms with Crippen LogP contribution in [0.1, 0.15) is 20.3 Å². The van der Waals surface area contributed by atoms with E-state index in [1.807, 2.05) is 6.92 Å². The van der Waals surface area contributed by atoms with E-state index in [2.05, 4.69) is 6.92 Å². The molecule has 1 atom stereocenters. The Kier molecular flexibility index (Phi) is 2.09. The van der Waals surface area contributed by atoms with E-state index in [9.17, 15) is 0 Å². The molecule has 0 bridgehead atoms. The van der Waals surface area contributed by atoms with E-state index in [-0.39, 0.29) is 5.60 Å². The van der Waals surface area contributed by atoms with E-state index in [0.29, 0.717) is 0 Å². The quantitative estimate of drug-likeness (QED) is 0.559. The molecule has 0 radical (unpaired) electrons. The molecule has 2 nitrogen and oxygen atoms in total. The van der Waals surface area contributed by atoms with Crippen LogP contribution >= 0.6 is 0 Å². The van der Waals surface area contributed by atoms with Gasteiger partial charge in [0.15, 0.2) is 0 Å². The molecule has 54 valence electrons. The minimum atomic E-state index is 0.0226. The Hall–Kier alpha value is -0.0800. The summed E-state index contributed by atoms with van der Waals surface area (Å²) in [4.78, 5) is 0. The van der Waals surface area contributed by atoms with Gasteiger partial charge in [0, 0.05) is 19.6 Å². The maximum atomic E-state index is 5.47. The first-order valence-corrected chi connectivity index (χ1v) is 3.48. The van der Waals surface area contributed by atoms with Crippen LogP contribution in [0.15, 0.2) is 0 Å². The predicted octanol–water partition coefficient (Wildman–Crippen LogP) is 1.20. The first-order valence-electron chi connectivity index (χ1n) is 3.48. The Bertz CT molecular complexity index is 84.9. The molecule has 9 heavy (non-hydrogen) atoms. The van der Waals surface area contributed by atoms with Crippen molar-refractivity contribution in [3.63, 3.8) is 0 Å². The normalized spacial score (nSPS) is 35.3. The second kappa shape index (κ2) is 2.67. The van der Waals surface area contributed by atoms with Crippen molar-refractivity contribution in [1.29, 1.82) is 0 Å². The molecule has 0 spiro atoms. The summed E-state index contributed by atoms with van der Waals surface area (Å²) in [7, 11) is 0. The largest absolute Gasteiger partial charge is 0.378 e. The third kappa shape index (κ3) is 1.66. The molecule has 0 saturated carbocycles. The van der Waals surface area contributed by atoms with Gasteiger partial charge in [0.25, 0.3) is 0 Å². The molecule has 0 aromatic heterocycles. The van der Waals surface area contributed by atoms with E-state index < -0.39 is 0 Å². The lowest BCUT2D eigenvalue weighted by Crippen LogP contribution is -2.28. The van der Waals surface area contributed by atoms with Crippen molar-refractivity contribution in [2.45, 2.75) is 25.9 Å². The SMILES string of the molecule is CCO[C@@]1(C)CCOC1. The van der Waals surface area contributed by atoms with Crippen molar-refractivity contribution in [3.05, 3.63) is 0 Å². The molecule has 1 aliphatic rings. The van der Waals surface area contributed by atoms with Gasteiger partial charge in [-0.1, -0.05) is 0 Å². The van der Waals surface area contributed by atoms with Crippen LogP contribution in [-0.2, 0) is 9.47 Å². The molecule has 1 fully saturated rings. The van der Waals surface area contributed by atoms with Crippen molar-refractivity contribution >= 4 is 0 Å². The number of hydrogen-bond donors (Lipinski definition) is 0. The van der Waals surface area contributed by atoms with Gasteiger partial charge < -0.3 is 9.47 Å². The van der Waals surface area contributed by atoms with Gasteiger partial charge in [-0.15, -0.1) is 0 Å². The van der Waals surface area contributed by atoms with E-state index in [4.69, 9.17) is 9.47 Å². The number of hydrogen-bond acceptors (Lipinski definition) is 2. The summed E-state index contributed by atoms with van der Waals surface area (Å²) >= 11 is 0. The van der Waals surface area contributed by atoms with Crippen molar-refractivity contribution in [1.82, 2.24) is 0 Å². The Morgan fingerprint density at radius 2 is 2.44 bits per heavy atom. The zero-order valence-corrected chi connectivity index (χ0v) is 6.14. The summed E-state index contributed by atoms with van der Waals surface area (Å²) in [6, 6.07) is 0. The lowest BCUT2D eigenvalue weighted by molar-refractivity contribution is -0.0292. The van der Waals surface area contributed by atoms with E-state index in [1.165, 1.54) is 0 Å². The minimum absolute atomic E-state index is 0.0226. The fourth-order valence-electron chi connectivity index (χ4n) is 1.11. The van der Waals surface area contributed by atoms with Crippen LogP contribution in [0.2, 0.25) is 0 Å². The van der Waals surface area contributed by atoms with Gasteiger partial charge in [0.05, 0.1) is 12.2 Å². The van der Waals surface area contributed by atoms with Crippen molar-refractivity contribution in [2.24, 2.45) is 0 Å². The highest BCUT2D eigenvalue weighted by Crippen LogP contribution is 2.21. The fourth-order valence-corrected chi connectivity index (χ4v) is 1.11. The molecular weight excluding hydrogens is 116 g/mol. The number of ether oxygens (including phenoxy) is 2. The standard InChI is InChI=1S/C7H14O2/c1-3-9-7(2)4-5-8-6-7/h3-6H2,1-2H3/t7-/m0/s1. The van der Waals surface area contributed by atoms with Crippen LogP contribution in [0.5, 0.6) is 0 Å². The molecule has 0 aromatic rings. The molecule has 1 aliphatic heterocycles. The van der Waals surface area contributed by atoms with Crippen LogP contribution in [0.25, 0.3) is 0 Å². The van der Waals surface area contributed by atoms with E-state index >= 15 is 0 Å². The van der Waals surface area contributed by atoms with Crippen LogP contribution in [0, 0.1) is 0 Å². The van der Waals surface area contributed by atoms with Gasteiger partial charge in [-0.3, -0.25) is 0 Å². The van der Waals surface area contributed by atoms with Gasteiger partial charge in [0.2, 0.25) is 0 Å². The summed E-state index contributed by atoms with van der Waals surface area (Å²) in [6.07, 6.45) is 1.04. The molecule has 0 N–H and O–H groups in total. The summed E-state index contributed by atoms with van der Waals surface area (Å²) in [5, 5.41) is 0. The lowest BCUT2D eigenvalue weighted by Gasteiger charge is -2.20. The Balaban J connectivity index is 2.32. The van der Waals surface area contributed by atoms with Gasteiger partial charge in [-0.25, -0.2) is 0 Å². The van der Waals surface area contributed by atoms with Crippen LogP contribution in [0.3, 0.4) is 0 Å². The summed E-state index contributed by atoms with van der Waals surface area (Å²) in [5.41, 5.74) is 0.0226. The van der Waals surface area contributed by atoms with Gasteiger partial charge >= 0.3 is 0 Å². The highest BCUT2D eigenvalue weighted by molar-refractivity contribution is 4.78. The maximum absolute atomic E-state index is 5.47. The molecule has 0 unspecified atom stereocenters. The first kappa shape index (κ1) is 7.03. The van der Waals surface area contributed by atoms with Crippen LogP contribution in [0.4, 0.5) is 0 Å². The molecule has 0 aromatic carbocycles. The fraction of sp³-hybridized carbons (Fsp3) is 1.00. The Labute approximate surface area is 56.2 Å². The third-order valence-corrected chi connectivity index (χ3v) is 1.68. The first-order chi connectivity index (χ1) is 4.27. The van der Waals surface area contributed by atoms with E-state index in [0.717, 1.165) is 26.2 Å². The number of rotatable bonds is 2. The molecule has 1 heterocycles. The summed E-state index contributed by atoms with van der Waals surface area (Å²) < 4.78 is 10.7. The predicted molar refractivity (Wildman–Crippen MR) is 35.5 cm³/mol. The second-order valence-electron chi connectivity index (χ2n) is 2.69. The average Bonchev–Trinajstić information content (AvgIpc) is 2.16. The topological polar surface area (TPSA) is 18.5 Å².